The summed E-state index contributed by atoms with van der Waals surface area (Å²) in [5, 5.41) is -0.193. The molecule has 5 rings (SSSR count). The highest BCUT2D eigenvalue weighted by Crippen LogP contribution is 2.37. The van der Waals surface area contributed by atoms with Crippen molar-refractivity contribution in [3.8, 4) is 11.1 Å². The van der Waals surface area contributed by atoms with E-state index in [2.05, 4.69) is 9.97 Å². The fourth-order valence-electron chi connectivity index (χ4n) is 4.42. The predicted octanol–water partition coefficient (Wildman–Crippen LogP) is 4.13. The zero-order valence-electron chi connectivity index (χ0n) is 17.8. The van der Waals surface area contributed by atoms with Gasteiger partial charge in [0.1, 0.15) is 11.8 Å². The monoisotopic (exact) mass is 493 g/mol. The molecule has 0 N–H and O–H groups in total. The Morgan fingerprint density at radius 3 is 2.56 bits per heavy atom. The number of nitrogens with zero attached hydrogens (tertiary/aromatic N) is 5. The number of alkyl halides is 3. The van der Waals surface area contributed by atoms with Crippen LogP contribution in [0.3, 0.4) is 0 Å². The van der Waals surface area contributed by atoms with Crippen molar-refractivity contribution in [2.45, 2.75) is 25.1 Å². The molecule has 34 heavy (non-hydrogen) atoms. The van der Waals surface area contributed by atoms with Gasteiger partial charge >= 0.3 is 12.3 Å². The molecule has 2 saturated heterocycles. The highest BCUT2D eigenvalue weighted by atomic mass is 35.5. The van der Waals surface area contributed by atoms with Gasteiger partial charge in [-0.3, -0.25) is 14.2 Å². The molecule has 8 nitrogen and oxygen atoms in total. The van der Waals surface area contributed by atoms with Crippen molar-refractivity contribution in [3.63, 3.8) is 0 Å². The molecule has 2 aliphatic rings. The lowest BCUT2D eigenvalue weighted by Gasteiger charge is -2.35. The van der Waals surface area contributed by atoms with E-state index in [1.807, 2.05) is 0 Å². The number of pyridine rings is 2. The van der Waals surface area contributed by atoms with Crippen molar-refractivity contribution in [2.24, 2.45) is 0 Å². The number of rotatable bonds is 3. The molecule has 2 fully saturated rings. The molecule has 0 unspecified atom stereocenters. The Balaban J connectivity index is 1.47. The van der Waals surface area contributed by atoms with E-state index in [9.17, 15) is 22.8 Å². The molecule has 5 heterocycles. The lowest BCUT2D eigenvalue weighted by Crippen LogP contribution is -2.47. The first-order valence-corrected chi connectivity index (χ1v) is 11.0. The lowest BCUT2D eigenvalue weighted by atomic mass is 10.0. The number of piperidine rings is 1. The number of carbonyl (C=O) groups is 2. The number of likely N-dealkylation sites (tertiary alicyclic amines) is 1. The van der Waals surface area contributed by atoms with Crippen molar-refractivity contribution in [1.82, 2.24) is 24.2 Å². The number of fused-ring (bicyclic) bond motifs is 1. The van der Waals surface area contributed by atoms with Gasteiger partial charge in [0.2, 0.25) is 0 Å². The van der Waals surface area contributed by atoms with Crippen LogP contribution >= 0.6 is 11.6 Å². The Morgan fingerprint density at radius 1 is 1.18 bits per heavy atom. The molecule has 0 saturated carbocycles. The third-order valence-electron chi connectivity index (χ3n) is 6.15. The average Bonchev–Trinajstić information content (AvgIpc) is 3.41. The van der Waals surface area contributed by atoms with Crippen molar-refractivity contribution < 1.29 is 27.5 Å². The van der Waals surface area contributed by atoms with Crippen LogP contribution in [0.1, 0.15) is 28.9 Å². The molecule has 0 radical (unpaired) electrons. The second kappa shape index (κ2) is 8.46. The first-order valence-electron chi connectivity index (χ1n) is 10.7. The minimum Gasteiger partial charge on any atom is -0.448 e. The van der Waals surface area contributed by atoms with Gasteiger partial charge in [-0.25, -0.2) is 9.78 Å². The molecule has 12 heteroatoms. The molecule has 0 bridgehead atoms. The smallest absolute Gasteiger partial charge is 0.420 e. The van der Waals surface area contributed by atoms with Crippen LogP contribution in [0, 0.1) is 0 Å². The number of cyclic esters (lactones) is 1. The normalized spacial score (nSPS) is 17.5. The van der Waals surface area contributed by atoms with Crippen molar-refractivity contribution in [2.75, 3.05) is 26.2 Å². The maximum Gasteiger partial charge on any atom is 0.420 e. The summed E-state index contributed by atoms with van der Waals surface area (Å²) >= 11 is 6.40. The van der Waals surface area contributed by atoms with Crippen LogP contribution in [0.25, 0.3) is 16.8 Å². The number of ether oxygens (including phenoxy) is 1. The first kappa shape index (κ1) is 22.5. The van der Waals surface area contributed by atoms with Gasteiger partial charge in [0.25, 0.3) is 5.91 Å². The van der Waals surface area contributed by atoms with Gasteiger partial charge in [-0.1, -0.05) is 17.7 Å². The maximum absolute atomic E-state index is 13.9. The summed E-state index contributed by atoms with van der Waals surface area (Å²) in [4.78, 5) is 36.1. The Bertz CT molecular complexity index is 1260. The second-order valence-electron chi connectivity index (χ2n) is 8.16. The highest BCUT2D eigenvalue weighted by molar-refractivity contribution is 6.33. The number of carbonyl (C=O) groups excluding carboxylic acids is 2. The number of halogens is 4. The van der Waals surface area contributed by atoms with E-state index in [4.69, 9.17) is 16.3 Å². The molecule has 0 spiro atoms. The van der Waals surface area contributed by atoms with Gasteiger partial charge in [-0.05, 0) is 25.0 Å². The van der Waals surface area contributed by atoms with Crippen molar-refractivity contribution in [1.29, 1.82) is 0 Å². The topological polar surface area (TPSA) is 80.0 Å². The number of aromatic nitrogens is 3. The summed E-state index contributed by atoms with van der Waals surface area (Å²) in [5.74, 6) is -0.549. The number of hydrogen-bond donors (Lipinski definition) is 0. The van der Waals surface area contributed by atoms with Gasteiger partial charge in [0, 0.05) is 48.8 Å². The largest absolute Gasteiger partial charge is 0.448 e. The minimum absolute atomic E-state index is 0.0468. The predicted molar refractivity (Wildman–Crippen MR) is 115 cm³/mol. The summed E-state index contributed by atoms with van der Waals surface area (Å²) in [7, 11) is 0. The molecule has 0 aliphatic carbocycles. The summed E-state index contributed by atoms with van der Waals surface area (Å²) in [6.45, 7) is 1.50. The lowest BCUT2D eigenvalue weighted by molar-refractivity contribution is -0.136. The third-order valence-corrected chi connectivity index (χ3v) is 6.51. The number of hydrogen-bond acceptors (Lipinski definition) is 5. The van der Waals surface area contributed by atoms with Crippen LogP contribution in [0.15, 0.2) is 36.8 Å². The standard InChI is InChI=1S/C22H19ClF3N5O3/c23-18-17(20(32)29-6-3-15(4-7-29)30-8-9-34-21(30)33)28-19-16(22(24,25)26)10-14(12-31(18)19)13-2-1-5-27-11-13/h1-2,5,10-12,15H,3-4,6-9H2. The fourth-order valence-corrected chi connectivity index (χ4v) is 4.67. The van der Waals surface area contributed by atoms with E-state index in [0.717, 1.165) is 10.5 Å². The molecule has 2 aliphatic heterocycles. The summed E-state index contributed by atoms with van der Waals surface area (Å²) in [6.07, 6.45) is 0.366. The molecule has 0 aromatic carbocycles. The molecule has 3 aromatic rings. The summed E-state index contributed by atoms with van der Waals surface area (Å²) in [6, 6.07) is 4.17. The van der Waals surface area contributed by atoms with Crippen LogP contribution in [0.5, 0.6) is 0 Å². The Kier molecular flexibility index (Phi) is 5.59. The maximum atomic E-state index is 13.9. The minimum atomic E-state index is -4.71. The Hall–Kier alpha value is -3.34. The molecule has 0 atom stereocenters. The summed E-state index contributed by atoms with van der Waals surface area (Å²) < 4.78 is 47.7. The van der Waals surface area contributed by atoms with Gasteiger partial charge in [0.15, 0.2) is 11.3 Å². The zero-order chi connectivity index (χ0) is 24.0. The van der Waals surface area contributed by atoms with E-state index >= 15 is 0 Å². The van der Waals surface area contributed by atoms with E-state index in [0.29, 0.717) is 44.6 Å². The first-order chi connectivity index (χ1) is 16.2. The Morgan fingerprint density at radius 2 is 1.94 bits per heavy atom. The number of imidazole rings is 1. The van der Waals surface area contributed by atoms with Crippen LogP contribution in [0.2, 0.25) is 5.15 Å². The average molecular weight is 494 g/mol. The van der Waals surface area contributed by atoms with Gasteiger partial charge in [0.05, 0.1) is 12.1 Å². The van der Waals surface area contributed by atoms with Crippen LogP contribution in [0.4, 0.5) is 18.0 Å². The van der Waals surface area contributed by atoms with Crippen molar-refractivity contribution in [3.05, 3.63) is 53.2 Å². The molecule has 3 aromatic heterocycles. The van der Waals surface area contributed by atoms with E-state index in [1.54, 1.807) is 17.0 Å². The van der Waals surface area contributed by atoms with Gasteiger partial charge < -0.3 is 14.5 Å². The highest BCUT2D eigenvalue weighted by Gasteiger charge is 2.38. The number of amides is 2. The van der Waals surface area contributed by atoms with E-state index < -0.39 is 23.3 Å². The van der Waals surface area contributed by atoms with Crippen LogP contribution in [-0.2, 0) is 10.9 Å². The van der Waals surface area contributed by atoms with Crippen molar-refractivity contribution >= 4 is 29.2 Å². The van der Waals surface area contributed by atoms with Crippen LogP contribution < -0.4 is 0 Å². The van der Waals surface area contributed by atoms with Gasteiger partial charge in [-0.2, -0.15) is 13.2 Å². The molecule has 2 amide bonds. The fraction of sp³-hybridized carbons (Fsp3) is 0.364. The molecular weight excluding hydrogens is 475 g/mol. The molecular formula is C22H19ClF3N5O3. The molecule has 178 valence electrons. The Labute approximate surface area is 196 Å². The SMILES string of the molecule is O=C(c1nc2c(C(F)(F)F)cc(-c3cccnc3)cn2c1Cl)N1CCC(N2CCOC2=O)CC1. The van der Waals surface area contributed by atoms with E-state index in [1.165, 1.54) is 23.5 Å². The second-order valence-corrected chi connectivity index (χ2v) is 8.52. The quantitative estimate of drug-likeness (QED) is 0.548. The summed E-state index contributed by atoms with van der Waals surface area (Å²) in [5.41, 5.74) is -0.974. The zero-order valence-corrected chi connectivity index (χ0v) is 18.5. The van der Waals surface area contributed by atoms with Gasteiger partial charge in [-0.15, -0.1) is 0 Å². The van der Waals surface area contributed by atoms with Crippen LogP contribution in [-0.4, -0.2) is 68.5 Å². The van der Waals surface area contributed by atoms with E-state index in [-0.39, 0.29) is 28.5 Å². The third kappa shape index (κ3) is 3.93.